The number of carbonyl (C=O) groups excluding carboxylic acids is 1. The van der Waals surface area contributed by atoms with E-state index in [9.17, 15) is 9.18 Å². The monoisotopic (exact) mass is 350 g/mol. The number of ether oxygens (including phenoxy) is 2. The predicted molar refractivity (Wildman–Crippen MR) is 90.6 cm³/mol. The van der Waals surface area contributed by atoms with Gasteiger partial charge < -0.3 is 18.9 Å². The van der Waals surface area contributed by atoms with Crippen molar-refractivity contribution < 1.29 is 23.2 Å². The summed E-state index contributed by atoms with van der Waals surface area (Å²) in [5.74, 6) is 0.264. The smallest absolute Gasteiger partial charge is 0.223 e. The van der Waals surface area contributed by atoms with E-state index in [0.29, 0.717) is 44.9 Å². The molecule has 0 N–H and O–H groups in total. The molecule has 0 fully saturated rings. The van der Waals surface area contributed by atoms with Crippen LogP contribution in [0.15, 0.2) is 35.0 Å². The lowest BCUT2D eigenvalue weighted by molar-refractivity contribution is -0.132. The van der Waals surface area contributed by atoms with E-state index in [1.165, 1.54) is 12.1 Å². The molecule has 0 aliphatic heterocycles. The zero-order valence-corrected chi connectivity index (χ0v) is 14.5. The van der Waals surface area contributed by atoms with Crippen molar-refractivity contribution in [2.45, 2.75) is 12.8 Å². The van der Waals surface area contributed by atoms with Crippen LogP contribution in [-0.2, 0) is 20.7 Å². The van der Waals surface area contributed by atoms with Crippen molar-refractivity contribution in [3.05, 3.63) is 41.8 Å². The van der Waals surface area contributed by atoms with Crippen LogP contribution in [0.3, 0.4) is 0 Å². The standard InChI is InChI=1S/C18H23FN2O4/c1-23-11-9-21(10-12-24-2)17(22)8-5-15-13-20-25-18(15)14-3-6-16(19)7-4-14/h3-4,6-7,13H,5,8-12H2,1-2H3. The number of rotatable bonds is 10. The Balaban J connectivity index is 1.99. The van der Waals surface area contributed by atoms with Gasteiger partial charge in [0.15, 0.2) is 5.76 Å². The summed E-state index contributed by atoms with van der Waals surface area (Å²) in [6.07, 6.45) is 2.41. The molecule has 7 heteroatoms. The van der Waals surface area contributed by atoms with Crippen LogP contribution in [0.4, 0.5) is 4.39 Å². The van der Waals surface area contributed by atoms with Crippen molar-refractivity contribution in [2.75, 3.05) is 40.5 Å². The van der Waals surface area contributed by atoms with Gasteiger partial charge in [-0.25, -0.2) is 4.39 Å². The number of nitrogens with zero attached hydrogens (tertiary/aromatic N) is 2. The Morgan fingerprint density at radius 1 is 1.16 bits per heavy atom. The molecule has 2 aromatic rings. The highest BCUT2D eigenvalue weighted by molar-refractivity contribution is 5.76. The van der Waals surface area contributed by atoms with Gasteiger partial charge in [-0.2, -0.15) is 0 Å². The van der Waals surface area contributed by atoms with Gasteiger partial charge in [-0.15, -0.1) is 0 Å². The molecule has 0 saturated heterocycles. The van der Waals surface area contributed by atoms with Crippen LogP contribution in [0.2, 0.25) is 0 Å². The molecule has 6 nitrogen and oxygen atoms in total. The summed E-state index contributed by atoms with van der Waals surface area (Å²) in [5, 5.41) is 3.81. The van der Waals surface area contributed by atoms with E-state index in [4.69, 9.17) is 14.0 Å². The number of hydrogen-bond donors (Lipinski definition) is 0. The second-order valence-corrected chi connectivity index (χ2v) is 5.55. The van der Waals surface area contributed by atoms with E-state index in [-0.39, 0.29) is 11.7 Å². The number of halogens is 1. The minimum atomic E-state index is -0.313. The van der Waals surface area contributed by atoms with Gasteiger partial charge in [0, 0.05) is 44.9 Å². The van der Waals surface area contributed by atoms with Gasteiger partial charge in [-0.3, -0.25) is 4.79 Å². The summed E-state index contributed by atoms with van der Waals surface area (Å²) in [6.45, 7) is 1.99. The summed E-state index contributed by atoms with van der Waals surface area (Å²) in [4.78, 5) is 14.2. The van der Waals surface area contributed by atoms with E-state index < -0.39 is 0 Å². The number of amides is 1. The van der Waals surface area contributed by atoms with Crippen LogP contribution in [0, 0.1) is 5.82 Å². The van der Waals surface area contributed by atoms with Crippen molar-refractivity contribution >= 4 is 5.91 Å². The lowest BCUT2D eigenvalue weighted by atomic mass is 10.1. The summed E-state index contributed by atoms with van der Waals surface area (Å²) in [7, 11) is 3.20. The second-order valence-electron chi connectivity index (χ2n) is 5.55. The molecule has 0 atom stereocenters. The molecule has 1 aromatic carbocycles. The van der Waals surface area contributed by atoms with Crippen molar-refractivity contribution in [1.82, 2.24) is 10.1 Å². The Kier molecular flexibility index (Phi) is 7.56. The van der Waals surface area contributed by atoms with Crippen molar-refractivity contribution in [3.8, 4) is 11.3 Å². The fraction of sp³-hybridized carbons (Fsp3) is 0.444. The fourth-order valence-corrected chi connectivity index (χ4v) is 2.44. The maximum Gasteiger partial charge on any atom is 0.223 e. The Morgan fingerprint density at radius 3 is 2.40 bits per heavy atom. The largest absolute Gasteiger partial charge is 0.383 e. The first-order valence-corrected chi connectivity index (χ1v) is 8.11. The molecule has 1 amide bonds. The molecule has 2 rings (SSSR count). The first-order valence-electron chi connectivity index (χ1n) is 8.11. The molecule has 1 heterocycles. The molecule has 0 bridgehead atoms. The molecule has 0 unspecified atom stereocenters. The van der Waals surface area contributed by atoms with Crippen molar-refractivity contribution in [3.63, 3.8) is 0 Å². The van der Waals surface area contributed by atoms with Gasteiger partial charge in [-0.1, -0.05) is 5.16 Å². The maximum absolute atomic E-state index is 13.1. The van der Waals surface area contributed by atoms with Crippen LogP contribution in [0.5, 0.6) is 0 Å². The first kappa shape index (κ1) is 19.1. The lowest BCUT2D eigenvalue weighted by Crippen LogP contribution is -2.36. The number of benzene rings is 1. The molecule has 25 heavy (non-hydrogen) atoms. The van der Waals surface area contributed by atoms with Crippen LogP contribution >= 0.6 is 0 Å². The number of methoxy groups -OCH3 is 2. The Morgan fingerprint density at radius 2 is 1.80 bits per heavy atom. The third-order valence-corrected chi connectivity index (χ3v) is 3.84. The van der Waals surface area contributed by atoms with E-state index >= 15 is 0 Å². The molecular weight excluding hydrogens is 327 g/mol. The minimum absolute atomic E-state index is 0.0142. The highest BCUT2D eigenvalue weighted by Gasteiger charge is 2.16. The normalized spacial score (nSPS) is 10.8. The number of carbonyl (C=O) groups is 1. The molecule has 0 spiro atoms. The molecule has 0 aliphatic carbocycles. The molecule has 0 radical (unpaired) electrons. The quantitative estimate of drug-likeness (QED) is 0.659. The van der Waals surface area contributed by atoms with Gasteiger partial charge in [-0.05, 0) is 30.7 Å². The van der Waals surface area contributed by atoms with E-state index in [0.717, 1.165) is 11.1 Å². The number of aromatic nitrogens is 1. The first-order chi connectivity index (χ1) is 12.2. The number of aryl methyl sites for hydroxylation is 1. The predicted octanol–water partition coefficient (Wildman–Crippen LogP) is 2.53. The average Bonchev–Trinajstić information content (AvgIpc) is 3.09. The molecule has 0 aliphatic rings. The van der Waals surface area contributed by atoms with Crippen LogP contribution in [-0.4, -0.2) is 56.5 Å². The molecular formula is C18H23FN2O4. The van der Waals surface area contributed by atoms with Gasteiger partial charge in [0.1, 0.15) is 5.82 Å². The van der Waals surface area contributed by atoms with Crippen molar-refractivity contribution in [1.29, 1.82) is 0 Å². The third-order valence-electron chi connectivity index (χ3n) is 3.84. The Hall–Kier alpha value is -2.25. The summed E-state index contributed by atoms with van der Waals surface area (Å²) < 4.78 is 28.4. The fourth-order valence-electron chi connectivity index (χ4n) is 2.44. The SMILES string of the molecule is COCCN(CCOC)C(=O)CCc1cnoc1-c1ccc(F)cc1. The molecule has 1 aromatic heterocycles. The van der Waals surface area contributed by atoms with Gasteiger partial charge in [0.05, 0.1) is 19.4 Å². The number of hydrogen-bond acceptors (Lipinski definition) is 5. The highest BCUT2D eigenvalue weighted by Crippen LogP contribution is 2.25. The zero-order chi connectivity index (χ0) is 18.1. The summed E-state index contributed by atoms with van der Waals surface area (Å²) in [6, 6.07) is 5.99. The molecule has 136 valence electrons. The topological polar surface area (TPSA) is 64.8 Å². The van der Waals surface area contributed by atoms with Gasteiger partial charge in [0.2, 0.25) is 5.91 Å². The zero-order valence-electron chi connectivity index (χ0n) is 14.5. The van der Waals surface area contributed by atoms with Crippen LogP contribution < -0.4 is 0 Å². The van der Waals surface area contributed by atoms with Gasteiger partial charge in [0.25, 0.3) is 0 Å². The third kappa shape index (κ3) is 5.65. The Labute approximate surface area is 146 Å². The van der Waals surface area contributed by atoms with E-state index in [2.05, 4.69) is 5.16 Å². The highest BCUT2D eigenvalue weighted by atomic mass is 19.1. The van der Waals surface area contributed by atoms with Crippen LogP contribution in [0.1, 0.15) is 12.0 Å². The lowest BCUT2D eigenvalue weighted by Gasteiger charge is -2.22. The van der Waals surface area contributed by atoms with E-state index in [1.54, 1.807) is 37.4 Å². The Bertz CT molecular complexity index is 649. The van der Waals surface area contributed by atoms with E-state index in [1.807, 2.05) is 0 Å². The van der Waals surface area contributed by atoms with Crippen molar-refractivity contribution in [2.24, 2.45) is 0 Å². The summed E-state index contributed by atoms with van der Waals surface area (Å²) >= 11 is 0. The minimum Gasteiger partial charge on any atom is -0.383 e. The maximum atomic E-state index is 13.1. The second kappa shape index (κ2) is 9.90. The van der Waals surface area contributed by atoms with Gasteiger partial charge >= 0.3 is 0 Å². The average molecular weight is 350 g/mol. The molecule has 0 saturated carbocycles. The summed E-state index contributed by atoms with van der Waals surface area (Å²) in [5.41, 5.74) is 1.55. The van der Waals surface area contributed by atoms with Crippen LogP contribution in [0.25, 0.3) is 11.3 Å².